The third-order valence-electron chi connectivity index (χ3n) is 2.45. The van der Waals surface area contributed by atoms with Crippen molar-refractivity contribution in [1.82, 2.24) is 0 Å². The predicted molar refractivity (Wildman–Crippen MR) is 65.2 cm³/mol. The van der Waals surface area contributed by atoms with Gasteiger partial charge in [0.1, 0.15) is 11.8 Å². The average molecular weight is 277 g/mol. The van der Waals surface area contributed by atoms with Crippen LogP contribution in [0.25, 0.3) is 0 Å². The summed E-state index contributed by atoms with van der Waals surface area (Å²) >= 11 is 5.81. The van der Waals surface area contributed by atoms with Gasteiger partial charge in [0.2, 0.25) is 0 Å². The van der Waals surface area contributed by atoms with Crippen LogP contribution in [0.1, 0.15) is 18.1 Å². The number of hydrogen-bond acceptors (Lipinski definition) is 6. The van der Waals surface area contributed by atoms with E-state index in [9.17, 15) is 20.3 Å². The second kappa shape index (κ2) is 5.96. The van der Waals surface area contributed by atoms with Crippen LogP contribution < -0.4 is 5.73 Å². The first-order valence-electron chi connectivity index (χ1n) is 5.08. The van der Waals surface area contributed by atoms with Gasteiger partial charge < -0.3 is 21.1 Å². The molecule has 0 aliphatic rings. The first-order chi connectivity index (χ1) is 8.38. The molecule has 0 spiro atoms. The van der Waals surface area contributed by atoms with E-state index < -0.39 is 22.8 Å². The molecule has 8 heteroatoms. The van der Waals surface area contributed by atoms with Gasteiger partial charge in [-0.2, -0.15) is 0 Å². The number of benzene rings is 1. The Kier molecular flexibility index (Phi) is 4.85. The summed E-state index contributed by atoms with van der Waals surface area (Å²) in [5, 5.41) is 38.7. The molecule has 0 saturated heterocycles. The number of hydrogen-bond donors (Lipinski definition) is 4. The van der Waals surface area contributed by atoms with E-state index in [1.165, 1.54) is 0 Å². The molecule has 0 saturated carbocycles. The molecular formula is C10H13ClN2O5. The molecule has 0 heterocycles. The number of nitro benzene ring substituents is 1. The van der Waals surface area contributed by atoms with Crippen molar-refractivity contribution in [2.75, 3.05) is 12.3 Å². The summed E-state index contributed by atoms with van der Waals surface area (Å²) in [7, 11) is 0. The average Bonchev–Trinajstić information content (AvgIpc) is 2.28. The summed E-state index contributed by atoms with van der Waals surface area (Å²) < 4.78 is 0. The number of halogens is 1. The van der Waals surface area contributed by atoms with E-state index in [0.29, 0.717) is 0 Å². The highest BCUT2D eigenvalue weighted by Crippen LogP contribution is 2.34. The maximum Gasteiger partial charge on any atom is 0.292 e. The summed E-state index contributed by atoms with van der Waals surface area (Å²) in [5.74, 6) is 0. The largest absolute Gasteiger partial charge is 0.396 e. The van der Waals surface area contributed by atoms with Crippen molar-refractivity contribution in [1.29, 1.82) is 0 Å². The lowest BCUT2D eigenvalue weighted by Gasteiger charge is -2.18. The summed E-state index contributed by atoms with van der Waals surface area (Å²) in [6.45, 7) is -0.326. The van der Waals surface area contributed by atoms with Crippen LogP contribution in [-0.2, 0) is 0 Å². The predicted octanol–water partition coefficient (Wildman–Crippen LogP) is 0.607. The molecule has 0 amide bonds. The second-order valence-electron chi connectivity index (χ2n) is 3.71. The molecule has 5 N–H and O–H groups in total. The highest BCUT2D eigenvalue weighted by Gasteiger charge is 2.24. The first kappa shape index (κ1) is 14.7. The molecule has 0 bridgehead atoms. The van der Waals surface area contributed by atoms with E-state index in [-0.39, 0.29) is 29.3 Å². The number of rotatable bonds is 5. The van der Waals surface area contributed by atoms with Crippen LogP contribution >= 0.6 is 11.6 Å². The lowest BCUT2D eigenvalue weighted by atomic mass is 10.0. The molecule has 0 aromatic heterocycles. The Morgan fingerprint density at radius 2 is 2.06 bits per heavy atom. The third kappa shape index (κ3) is 3.08. The second-order valence-corrected chi connectivity index (χ2v) is 4.12. The molecule has 1 aromatic carbocycles. The minimum Gasteiger partial charge on any atom is -0.396 e. The van der Waals surface area contributed by atoms with Gasteiger partial charge in [-0.1, -0.05) is 11.6 Å². The third-order valence-corrected chi connectivity index (χ3v) is 2.78. The van der Waals surface area contributed by atoms with Gasteiger partial charge in [-0.15, -0.1) is 0 Å². The number of nitrogens with zero attached hydrogens (tertiary/aromatic N) is 1. The summed E-state index contributed by atoms with van der Waals surface area (Å²) in [6, 6.07) is 2.16. The van der Waals surface area contributed by atoms with Crippen molar-refractivity contribution in [3.8, 4) is 0 Å². The molecule has 0 aliphatic heterocycles. The van der Waals surface area contributed by atoms with Crippen molar-refractivity contribution in [2.45, 2.75) is 18.6 Å². The Morgan fingerprint density at radius 1 is 1.44 bits per heavy atom. The standard InChI is InChI=1S/C10H13ClN2O5/c11-6-4-7(12)8(13(17)18)3-5(6)10(16)9(15)1-2-14/h3-4,9-10,14-16H,1-2,12H2. The van der Waals surface area contributed by atoms with Crippen molar-refractivity contribution < 1.29 is 20.2 Å². The van der Waals surface area contributed by atoms with Crippen LogP contribution in [0, 0.1) is 10.1 Å². The molecule has 0 radical (unpaired) electrons. The van der Waals surface area contributed by atoms with Crippen LogP contribution in [0.2, 0.25) is 5.02 Å². The Hall–Kier alpha value is -1.41. The summed E-state index contributed by atoms with van der Waals surface area (Å²) in [6.07, 6.45) is -2.77. The van der Waals surface area contributed by atoms with E-state index in [1.807, 2.05) is 0 Å². The molecule has 0 aliphatic carbocycles. The minimum atomic E-state index is -1.43. The van der Waals surface area contributed by atoms with E-state index >= 15 is 0 Å². The Balaban J connectivity index is 3.15. The van der Waals surface area contributed by atoms with Crippen molar-refractivity contribution in [2.24, 2.45) is 0 Å². The SMILES string of the molecule is Nc1cc(Cl)c(C(O)C(O)CCO)cc1[N+](=O)[O-]. The number of nitrogen functional groups attached to an aromatic ring is 1. The molecule has 2 atom stereocenters. The van der Waals surface area contributed by atoms with Gasteiger partial charge in [-0.25, -0.2) is 0 Å². The minimum absolute atomic E-state index is 0.00137. The summed E-state index contributed by atoms with van der Waals surface area (Å²) in [4.78, 5) is 9.99. The molecule has 1 rings (SSSR count). The van der Waals surface area contributed by atoms with Crippen LogP contribution in [0.15, 0.2) is 12.1 Å². The van der Waals surface area contributed by atoms with E-state index in [0.717, 1.165) is 12.1 Å². The maximum absolute atomic E-state index is 10.7. The van der Waals surface area contributed by atoms with E-state index in [1.54, 1.807) is 0 Å². The lowest BCUT2D eigenvalue weighted by Crippen LogP contribution is -2.20. The monoisotopic (exact) mass is 276 g/mol. The zero-order valence-corrected chi connectivity index (χ0v) is 10.0. The molecule has 0 fully saturated rings. The van der Waals surface area contributed by atoms with Crippen LogP contribution in [0.4, 0.5) is 11.4 Å². The molecule has 7 nitrogen and oxygen atoms in total. The molecule has 18 heavy (non-hydrogen) atoms. The van der Waals surface area contributed by atoms with Gasteiger partial charge in [0, 0.05) is 23.3 Å². The molecule has 1 aromatic rings. The number of aliphatic hydroxyl groups is 3. The fourth-order valence-corrected chi connectivity index (χ4v) is 1.76. The van der Waals surface area contributed by atoms with Crippen molar-refractivity contribution in [3.63, 3.8) is 0 Å². The first-order valence-corrected chi connectivity index (χ1v) is 5.46. The Labute approximate surface area is 108 Å². The fraction of sp³-hybridized carbons (Fsp3) is 0.400. The van der Waals surface area contributed by atoms with Gasteiger partial charge in [-0.05, 0) is 12.5 Å². The maximum atomic E-state index is 10.7. The van der Waals surface area contributed by atoms with Gasteiger partial charge in [0.15, 0.2) is 0 Å². The molecule has 2 unspecified atom stereocenters. The Morgan fingerprint density at radius 3 is 2.56 bits per heavy atom. The van der Waals surface area contributed by atoms with Gasteiger partial charge >= 0.3 is 0 Å². The van der Waals surface area contributed by atoms with Gasteiger partial charge in [0.25, 0.3) is 5.69 Å². The Bertz CT molecular complexity index is 454. The zero-order valence-electron chi connectivity index (χ0n) is 9.28. The van der Waals surface area contributed by atoms with Crippen LogP contribution in [0.3, 0.4) is 0 Å². The quantitative estimate of drug-likeness (QED) is 0.354. The van der Waals surface area contributed by atoms with Gasteiger partial charge in [0.05, 0.1) is 11.0 Å². The number of nitro groups is 1. The van der Waals surface area contributed by atoms with Crippen LogP contribution in [0.5, 0.6) is 0 Å². The topological polar surface area (TPSA) is 130 Å². The van der Waals surface area contributed by atoms with Crippen LogP contribution in [-0.4, -0.2) is 33.0 Å². The van der Waals surface area contributed by atoms with Gasteiger partial charge in [-0.3, -0.25) is 10.1 Å². The highest BCUT2D eigenvalue weighted by atomic mass is 35.5. The molecular weight excluding hydrogens is 264 g/mol. The van der Waals surface area contributed by atoms with Crippen molar-refractivity contribution >= 4 is 23.0 Å². The smallest absolute Gasteiger partial charge is 0.292 e. The normalized spacial score (nSPS) is 14.2. The van der Waals surface area contributed by atoms with Crippen molar-refractivity contribution in [3.05, 3.63) is 32.8 Å². The zero-order chi connectivity index (χ0) is 13.9. The highest BCUT2D eigenvalue weighted by molar-refractivity contribution is 6.31. The summed E-state index contributed by atoms with van der Waals surface area (Å²) in [5.41, 5.74) is 4.89. The van der Waals surface area contributed by atoms with E-state index in [4.69, 9.17) is 22.4 Å². The molecule has 100 valence electrons. The fourth-order valence-electron chi connectivity index (χ4n) is 1.48. The number of anilines is 1. The number of nitrogens with two attached hydrogens (primary N) is 1. The van der Waals surface area contributed by atoms with E-state index in [2.05, 4.69) is 0 Å². The number of aliphatic hydroxyl groups excluding tert-OH is 3. The lowest BCUT2D eigenvalue weighted by molar-refractivity contribution is -0.384.